The maximum absolute atomic E-state index is 5.51. The zero-order chi connectivity index (χ0) is 9.60. The van der Waals surface area contributed by atoms with Gasteiger partial charge >= 0.3 is 0 Å². The van der Waals surface area contributed by atoms with Gasteiger partial charge in [0.15, 0.2) is 0 Å². The Morgan fingerprint density at radius 3 is 3.07 bits per heavy atom. The highest BCUT2D eigenvalue weighted by molar-refractivity contribution is 5.27. The summed E-state index contributed by atoms with van der Waals surface area (Å²) in [6.45, 7) is 3.47. The maximum atomic E-state index is 5.51. The van der Waals surface area contributed by atoms with Gasteiger partial charge in [-0.25, -0.2) is 0 Å². The molecule has 2 nitrogen and oxygen atoms in total. The molecular weight excluding hydrogens is 174 g/mol. The van der Waals surface area contributed by atoms with Crippen molar-refractivity contribution in [3.05, 3.63) is 23.7 Å². The molecule has 1 atom stereocenters. The number of fused-ring (bicyclic) bond motifs is 1. The molecule has 3 rings (SSSR count). The van der Waals surface area contributed by atoms with E-state index in [1.165, 1.54) is 30.6 Å². The molecule has 0 amide bonds. The van der Waals surface area contributed by atoms with Gasteiger partial charge in [0.2, 0.25) is 0 Å². The van der Waals surface area contributed by atoms with Crippen LogP contribution in [0.2, 0.25) is 0 Å². The highest BCUT2D eigenvalue weighted by Gasteiger charge is 2.42. The Morgan fingerprint density at radius 1 is 1.50 bits per heavy atom. The first-order chi connectivity index (χ1) is 6.80. The van der Waals surface area contributed by atoms with E-state index in [0.29, 0.717) is 11.5 Å². The highest BCUT2D eigenvalue weighted by Crippen LogP contribution is 2.51. The van der Waals surface area contributed by atoms with Crippen molar-refractivity contribution in [1.29, 1.82) is 0 Å². The van der Waals surface area contributed by atoms with Crippen LogP contribution in [0.1, 0.15) is 43.6 Å². The van der Waals surface area contributed by atoms with Crippen molar-refractivity contribution < 1.29 is 4.42 Å². The lowest BCUT2D eigenvalue weighted by Crippen LogP contribution is -2.43. The van der Waals surface area contributed by atoms with E-state index in [9.17, 15) is 0 Å². The van der Waals surface area contributed by atoms with Crippen LogP contribution in [0.25, 0.3) is 0 Å². The van der Waals surface area contributed by atoms with E-state index in [4.69, 9.17) is 4.42 Å². The Bertz CT molecular complexity index is 338. The van der Waals surface area contributed by atoms with E-state index in [1.807, 2.05) is 6.26 Å². The fraction of sp³-hybridized carbons (Fsp3) is 0.667. The average Bonchev–Trinajstić information content (AvgIpc) is 2.61. The van der Waals surface area contributed by atoms with Crippen molar-refractivity contribution >= 4 is 0 Å². The third kappa shape index (κ3) is 1.07. The molecule has 2 heteroatoms. The molecule has 1 saturated carbocycles. The second-order valence-corrected chi connectivity index (χ2v) is 4.94. The van der Waals surface area contributed by atoms with E-state index in [-0.39, 0.29) is 0 Å². The molecule has 1 N–H and O–H groups in total. The fourth-order valence-electron chi connectivity index (χ4n) is 2.90. The van der Waals surface area contributed by atoms with Crippen molar-refractivity contribution in [1.82, 2.24) is 5.32 Å². The Hall–Kier alpha value is -0.760. The molecule has 0 aromatic carbocycles. The van der Waals surface area contributed by atoms with E-state index in [2.05, 4.69) is 18.3 Å². The van der Waals surface area contributed by atoms with Crippen LogP contribution in [0.5, 0.6) is 0 Å². The van der Waals surface area contributed by atoms with Gasteiger partial charge in [0.25, 0.3) is 0 Å². The van der Waals surface area contributed by atoms with Gasteiger partial charge in [-0.15, -0.1) is 0 Å². The van der Waals surface area contributed by atoms with Crippen LogP contribution >= 0.6 is 0 Å². The molecule has 2 heterocycles. The Kier molecular flexibility index (Phi) is 1.75. The molecule has 1 aliphatic heterocycles. The summed E-state index contributed by atoms with van der Waals surface area (Å²) in [5.41, 5.74) is 1.90. The zero-order valence-corrected chi connectivity index (χ0v) is 8.68. The molecule has 0 saturated heterocycles. The van der Waals surface area contributed by atoms with E-state index >= 15 is 0 Å². The van der Waals surface area contributed by atoms with Crippen molar-refractivity contribution in [2.75, 3.05) is 6.54 Å². The standard InChI is InChI=1S/C12H17NO/c1-12(5-2-6-12)11-9-4-8-14-10(9)3-7-13-11/h4,8,11,13H,2-3,5-7H2,1H3. The first-order valence-electron chi connectivity index (χ1n) is 5.59. The molecule has 1 aliphatic carbocycles. The predicted octanol–water partition coefficient (Wildman–Crippen LogP) is 2.66. The predicted molar refractivity (Wildman–Crippen MR) is 55.1 cm³/mol. The molecule has 14 heavy (non-hydrogen) atoms. The van der Waals surface area contributed by atoms with Gasteiger partial charge in [0, 0.05) is 24.6 Å². The minimum atomic E-state index is 0.485. The number of hydrogen-bond acceptors (Lipinski definition) is 2. The molecule has 1 fully saturated rings. The summed E-state index contributed by atoms with van der Waals surface area (Å²) < 4.78 is 5.51. The molecule has 1 aromatic heterocycles. The summed E-state index contributed by atoms with van der Waals surface area (Å²) in [7, 11) is 0. The summed E-state index contributed by atoms with van der Waals surface area (Å²) in [4.78, 5) is 0. The van der Waals surface area contributed by atoms with Crippen LogP contribution in [-0.2, 0) is 6.42 Å². The smallest absolute Gasteiger partial charge is 0.109 e. The van der Waals surface area contributed by atoms with Crippen molar-refractivity contribution in [3.8, 4) is 0 Å². The Morgan fingerprint density at radius 2 is 2.36 bits per heavy atom. The quantitative estimate of drug-likeness (QED) is 0.738. The third-order valence-electron chi connectivity index (χ3n) is 3.98. The van der Waals surface area contributed by atoms with Crippen LogP contribution in [0.15, 0.2) is 16.7 Å². The van der Waals surface area contributed by atoms with Gasteiger partial charge in [-0.1, -0.05) is 13.3 Å². The Labute approximate surface area is 84.7 Å². The zero-order valence-electron chi connectivity index (χ0n) is 8.68. The van der Waals surface area contributed by atoms with Crippen molar-refractivity contribution in [2.45, 2.75) is 38.6 Å². The molecule has 1 aromatic rings. The normalized spacial score (nSPS) is 29.4. The highest BCUT2D eigenvalue weighted by atomic mass is 16.3. The van der Waals surface area contributed by atoms with Gasteiger partial charge in [0.1, 0.15) is 5.76 Å². The average molecular weight is 191 g/mol. The first kappa shape index (κ1) is 8.54. The maximum Gasteiger partial charge on any atom is 0.109 e. The molecule has 1 unspecified atom stereocenters. The lowest BCUT2D eigenvalue weighted by Gasteiger charge is -2.46. The minimum absolute atomic E-state index is 0.485. The number of nitrogens with one attached hydrogen (secondary N) is 1. The minimum Gasteiger partial charge on any atom is -0.469 e. The van der Waals surface area contributed by atoms with Crippen LogP contribution in [0.4, 0.5) is 0 Å². The molecule has 0 radical (unpaired) electrons. The van der Waals surface area contributed by atoms with Crippen molar-refractivity contribution in [2.24, 2.45) is 5.41 Å². The molecule has 0 bridgehead atoms. The molecule has 2 aliphatic rings. The lowest BCUT2D eigenvalue weighted by molar-refractivity contribution is 0.0916. The summed E-state index contributed by atoms with van der Waals surface area (Å²) in [5, 5.41) is 3.64. The monoisotopic (exact) mass is 191 g/mol. The van der Waals surface area contributed by atoms with Crippen LogP contribution in [-0.4, -0.2) is 6.54 Å². The number of rotatable bonds is 1. The van der Waals surface area contributed by atoms with E-state index < -0.39 is 0 Å². The van der Waals surface area contributed by atoms with Crippen molar-refractivity contribution in [3.63, 3.8) is 0 Å². The molecular formula is C12H17NO. The van der Waals surface area contributed by atoms with Gasteiger partial charge < -0.3 is 9.73 Å². The number of furan rings is 1. The second-order valence-electron chi connectivity index (χ2n) is 4.94. The van der Waals surface area contributed by atoms with Gasteiger partial charge in [0.05, 0.1) is 6.26 Å². The van der Waals surface area contributed by atoms with Crippen LogP contribution < -0.4 is 5.32 Å². The second kappa shape index (κ2) is 2.86. The fourth-order valence-corrected chi connectivity index (χ4v) is 2.90. The van der Waals surface area contributed by atoms with Gasteiger partial charge in [-0.2, -0.15) is 0 Å². The summed E-state index contributed by atoms with van der Waals surface area (Å²) in [6.07, 6.45) is 6.99. The van der Waals surface area contributed by atoms with Crippen LogP contribution in [0.3, 0.4) is 0 Å². The molecule has 0 spiro atoms. The SMILES string of the molecule is CC1(C2NCCc3occc32)CCC1. The van der Waals surface area contributed by atoms with Crippen LogP contribution in [0, 0.1) is 5.41 Å². The molecule has 76 valence electrons. The van der Waals surface area contributed by atoms with E-state index in [0.717, 1.165) is 13.0 Å². The van der Waals surface area contributed by atoms with Gasteiger partial charge in [-0.3, -0.25) is 0 Å². The summed E-state index contributed by atoms with van der Waals surface area (Å²) in [6, 6.07) is 2.69. The lowest BCUT2D eigenvalue weighted by atomic mass is 9.63. The van der Waals surface area contributed by atoms with Gasteiger partial charge in [-0.05, 0) is 24.3 Å². The van der Waals surface area contributed by atoms with E-state index in [1.54, 1.807) is 0 Å². The first-order valence-corrected chi connectivity index (χ1v) is 5.59. The summed E-state index contributed by atoms with van der Waals surface area (Å²) in [5.74, 6) is 1.21. The largest absolute Gasteiger partial charge is 0.469 e. The third-order valence-corrected chi connectivity index (χ3v) is 3.98. The Balaban J connectivity index is 1.96. The summed E-state index contributed by atoms with van der Waals surface area (Å²) >= 11 is 0. The number of hydrogen-bond donors (Lipinski definition) is 1. The topological polar surface area (TPSA) is 25.2 Å².